The predicted octanol–water partition coefficient (Wildman–Crippen LogP) is 4.70. The summed E-state index contributed by atoms with van der Waals surface area (Å²) in [5, 5.41) is 14.1. The highest BCUT2D eigenvalue weighted by Gasteiger charge is 2.15. The largest absolute Gasteiger partial charge is 0.252 e. The minimum atomic E-state index is 0.127. The van der Waals surface area contributed by atoms with Gasteiger partial charge in [-0.1, -0.05) is 44.7 Å². The van der Waals surface area contributed by atoms with E-state index in [0.29, 0.717) is 0 Å². The molecule has 0 unspecified atom stereocenters. The first-order chi connectivity index (χ1) is 12.0. The molecule has 0 aliphatic heterocycles. The topological polar surface area (TPSA) is 56.0 Å². The number of rotatable bonds is 3. The molecule has 0 fully saturated rings. The molecule has 0 radical (unpaired) electrons. The van der Waals surface area contributed by atoms with Crippen LogP contribution in [0.3, 0.4) is 0 Å². The Kier molecular flexibility index (Phi) is 4.05. The van der Waals surface area contributed by atoms with Crippen molar-refractivity contribution >= 4 is 28.7 Å². The Hall–Kier alpha value is -2.25. The average molecular weight is 368 g/mol. The smallest absolute Gasteiger partial charge is 0.196 e. The molecule has 0 saturated carbocycles. The summed E-state index contributed by atoms with van der Waals surface area (Å²) in [6, 6.07) is 12.5. The van der Waals surface area contributed by atoms with Gasteiger partial charge in [0.15, 0.2) is 11.5 Å². The van der Waals surface area contributed by atoms with E-state index in [4.69, 9.17) is 5.10 Å². The van der Waals surface area contributed by atoms with Crippen LogP contribution in [0.15, 0.2) is 58.0 Å². The Bertz CT molecular complexity index is 1020. The van der Waals surface area contributed by atoms with Crippen molar-refractivity contribution in [3.63, 3.8) is 0 Å². The van der Waals surface area contributed by atoms with Gasteiger partial charge in [0.25, 0.3) is 0 Å². The molecular formula is C18H17N5S2. The Morgan fingerprint density at radius 3 is 2.72 bits per heavy atom. The van der Waals surface area contributed by atoms with E-state index in [1.54, 1.807) is 28.0 Å². The molecule has 3 heterocycles. The fraction of sp³-hybridized carbons (Fsp3) is 0.222. The van der Waals surface area contributed by atoms with E-state index in [0.717, 1.165) is 21.4 Å². The van der Waals surface area contributed by atoms with Gasteiger partial charge in [0.2, 0.25) is 0 Å². The number of hydrogen-bond acceptors (Lipinski definition) is 6. The van der Waals surface area contributed by atoms with E-state index in [-0.39, 0.29) is 5.41 Å². The van der Waals surface area contributed by atoms with Gasteiger partial charge in [-0.15, -0.1) is 21.5 Å². The fourth-order valence-electron chi connectivity index (χ4n) is 2.45. The molecule has 4 aromatic rings. The van der Waals surface area contributed by atoms with Crippen LogP contribution in [0.2, 0.25) is 0 Å². The van der Waals surface area contributed by atoms with Gasteiger partial charge in [-0.2, -0.15) is 9.61 Å². The molecule has 5 nitrogen and oxygen atoms in total. The maximum atomic E-state index is 4.71. The first-order valence-corrected chi connectivity index (χ1v) is 9.60. The Balaban J connectivity index is 1.70. The predicted molar refractivity (Wildman–Crippen MR) is 101 cm³/mol. The van der Waals surface area contributed by atoms with E-state index in [1.165, 1.54) is 21.8 Å². The van der Waals surface area contributed by atoms with Crippen molar-refractivity contribution in [1.29, 1.82) is 0 Å². The van der Waals surface area contributed by atoms with Gasteiger partial charge in [0.05, 0.1) is 10.4 Å². The molecule has 0 bridgehead atoms. The van der Waals surface area contributed by atoms with E-state index in [2.05, 4.69) is 60.2 Å². The van der Waals surface area contributed by atoms with Crippen LogP contribution in [0.1, 0.15) is 26.3 Å². The van der Waals surface area contributed by atoms with Crippen molar-refractivity contribution in [2.75, 3.05) is 0 Å². The Morgan fingerprint density at radius 1 is 1.08 bits per heavy atom. The first kappa shape index (κ1) is 16.2. The standard InChI is InChI=1S/C18H17N5S2/c1-18(2,3)12-5-4-6-13(9-12)25-16-8-7-15-20-21-17(23(15)22-16)14-10-19-11-24-14/h4-11H,1-3H3. The summed E-state index contributed by atoms with van der Waals surface area (Å²) in [6.45, 7) is 6.67. The van der Waals surface area contributed by atoms with Crippen molar-refractivity contribution in [3.05, 3.63) is 53.7 Å². The van der Waals surface area contributed by atoms with E-state index in [9.17, 15) is 0 Å². The highest BCUT2D eigenvalue weighted by atomic mass is 32.2. The molecule has 126 valence electrons. The molecule has 0 atom stereocenters. The van der Waals surface area contributed by atoms with E-state index < -0.39 is 0 Å². The van der Waals surface area contributed by atoms with E-state index >= 15 is 0 Å². The van der Waals surface area contributed by atoms with Crippen LogP contribution >= 0.6 is 23.1 Å². The third-order valence-corrected chi connectivity index (χ3v) is 5.50. The third kappa shape index (κ3) is 3.29. The number of fused-ring (bicyclic) bond motifs is 1. The van der Waals surface area contributed by atoms with Gasteiger partial charge in [-0.25, -0.2) is 0 Å². The molecule has 7 heteroatoms. The Labute approximate surface area is 154 Å². The van der Waals surface area contributed by atoms with Crippen LogP contribution in [-0.2, 0) is 5.41 Å². The van der Waals surface area contributed by atoms with Gasteiger partial charge in [0.1, 0.15) is 5.03 Å². The quantitative estimate of drug-likeness (QED) is 0.525. The maximum absolute atomic E-state index is 4.71. The molecule has 0 amide bonds. The average Bonchev–Trinajstić information content (AvgIpc) is 3.23. The Morgan fingerprint density at radius 2 is 1.96 bits per heavy atom. The van der Waals surface area contributed by atoms with Crippen molar-refractivity contribution in [2.45, 2.75) is 36.1 Å². The lowest BCUT2D eigenvalue weighted by atomic mass is 9.87. The summed E-state index contributed by atoms with van der Waals surface area (Å²) in [6.07, 6.45) is 1.79. The van der Waals surface area contributed by atoms with Crippen molar-refractivity contribution < 1.29 is 0 Å². The lowest BCUT2D eigenvalue weighted by Crippen LogP contribution is -2.10. The SMILES string of the molecule is CC(C)(C)c1cccc(Sc2ccc3nnc(-c4cncs4)n3n2)c1. The van der Waals surface area contributed by atoms with Crippen molar-refractivity contribution in [2.24, 2.45) is 0 Å². The number of aromatic nitrogens is 5. The summed E-state index contributed by atoms with van der Waals surface area (Å²) in [5.41, 5.74) is 3.96. The summed E-state index contributed by atoms with van der Waals surface area (Å²) >= 11 is 3.17. The second-order valence-electron chi connectivity index (χ2n) is 6.71. The van der Waals surface area contributed by atoms with Crippen LogP contribution in [0.4, 0.5) is 0 Å². The molecular weight excluding hydrogens is 350 g/mol. The van der Waals surface area contributed by atoms with Crippen LogP contribution in [0, 0.1) is 0 Å². The fourth-order valence-corrected chi connectivity index (χ4v) is 3.88. The summed E-state index contributed by atoms with van der Waals surface area (Å²) in [4.78, 5) is 6.24. The highest BCUT2D eigenvalue weighted by Crippen LogP contribution is 2.31. The zero-order valence-electron chi connectivity index (χ0n) is 14.2. The molecule has 0 saturated heterocycles. The highest BCUT2D eigenvalue weighted by molar-refractivity contribution is 7.99. The van der Waals surface area contributed by atoms with Gasteiger partial charge in [0, 0.05) is 11.1 Å². The van der Waals surface area contributed by atoms with Gasteiger partial charge in [-0.3, -0.25) is 4.98 Å². The monoisotopic (exact) mass is 367 g/mol. The number of benzene rings is 1. The summed E-state index contributed by atoms with van der Waals surface area (Å²) in [7, 11) is 0. The number of thiazole rings is 1. The zero-order valence-corrected chi connectivity index (χ0v) is 15.8. The second-order valence-corrected chi connectivity index (χ2v) is 8.69. The van der Waals surface area contributed by atoms with Crippen molar-refractivity contribution in [3.8, 4) is 10.7 Å². The number of nitrogens with zero attached hydrogens (tertiary/aromatic N) is 5. The van der Waals surface area contributed by atoms with E-state index in [1.807, 2.05) is 12.1 Å². The first-order valence-electron chi connectivity index (χ1n) is 7.90. The van der Waals surface area contributed by atoms with Crippen LogP contribution in [0.25, 0.3) is 16.3 Å². The lowest BCUT2D eigenvalue weighted by molar-refractivity contribution is 0.588. The molecule has 0 spiro atoms. The molecule has 4 rings (SSSR count). The molecule has 3 aromatic heterocycles. The molecule has 0 N–H and O–H groups in total. The summed E-state index contributed by atoms with van der Waals surface area (Å²) < 4.78 is 1.78. The minimum absolute atomic E-state index is 0.127. The van der Waals surface area contributed by atoms with Crippen LogP contribution in [0.5, 0.6) is 0 Å². The van der Waals surface area contributed by atoms with Gasteiger partial charge < -0.3 is 0 Å². The maximum Gasteiger partial charge on any atom is 0.196 e. The molecule has 0 aliphatic carbocycles. The number of hydrogen-bond donors (Lipinski definition) is 0. The molecule has 25 heavy (non-hydrogen) atoms. The second kappa shape index (κ2) is 6.24. The van der Waals surface area contributed by atoms with Crippen LogP contribution < -0.4 is 0 Å². The third-order valence-electron chi connectivity index (χ3n) is 3.81. The normalized spacial score (nSPS) is 12.0. The molecule has 1 aromatic carbocycles. The summed E-state index contributed by atoms with van der Waals surface area (Å²) in [5.74, 6) is 0.725. The molecule has 0 aliphatic rings. The zero-order chi connectivity index (χ0) is 17.4. The lowest BCUT2D eigenvalue weighted by Gasteiger charge is -2.19. The minimum Gasteiger partial charge on any atom is -0.252 e. The van der Waals surface area contributed by atoms with Crippen molar-refractivity contribution in [1.82, 2.24) is 24.8 Å². The van der Waals surface area contributed by atoms with Gasteiger partial charge in [-0.05, 0) is 35.2 Å². The van der Waals surface area contributed by atoms with Gasteiger partial charge >= 0.3 is 0 Å². The van der Waals surface area contributed by atoms with Crippen LogP contribution in [-0.4, -0.2) is 24.8 Å².